The molecule has 19 heavy (non-hydrogen) atoms. The fourth-order valence-corrected chi connectivity index (χ4v) is 1.90. The molecule has 5 N–H and O–H groups in total. The lowest BCUT2D eigenvalue weighted by Gasteiger charge is -2.09. The standard InChI is InChI=1S/C15H17N3O/c1-2-18-14-7-6-11(9-13(14)17)15(19)10-4-3-5-12(16)8-10/h3-9,18H,2,16-17H2,1H3. The summed E-state index contributed by atoms with van der Waals surface area (Å²) in [6.45, 7) is 2.78. The zero-order chi connectivity index (χ0) is 13.8. The van der Waals surface area contributed by atoms with Gasteiger partial charge in [0, 0.05) is 23.4 Å². The van der Waals surface area contributed by atoms with Crippen molar-refractivity contribution in [1.82, 2.24) is 0 Å². The minimum Gasteiger partial charge on any atom is -0.399 e. The molecule has 0 aliphatic rings. The van der Waals surface area contributed by atoms with E-state index in [9.17, 15) is 4.79 Å². The van der Waals surface area contributed by atoms with E-state index in [1.54, 1.807) is 36.4 Å². The smallest absolute Gasteiger partial charge is 0.193 e. The molecular formula is C15H17N3O. The summed E-state index contributed by atoms with van der Waals surface area (Å²) in [5.74, 6) is -0.0814. The second kappa shape index (κ2) is 5.44. The highest BCUT2D eigenvalue weighted by Gasteiger charge is 2.10. The summed E-state index contributed by atoms with van der Waals surface area (Å²) in [7, 11) is 0. The molecule has 0 heterocycles. The molecule has 2 aromatic rings. The van der Waals surface area contributed by atoms with E-state index in [1.165, 1.54) is 0 Å². The van der Waals surface area contributed by atoms with Gasteiger partial charge >= 0.3 is 0 Å². The molecule has 0 amide bonds. The van der Waals surface area contributed by atoms with Crippen LogP contribution >= 0.6 is 0 Å². The maximum atomic E-state index is 12.3. The minimum absolute atomic E-state index is 0.0814. The minimum atomic E-state index is -0.0814. The lowest BCUT2D eigenvalue weighted by molar-refractivity contribution is 0.103. The van der Waals surface area contributed by atoms with Gasteiger partial charge in [-0.2, -0.15) is 0 Å². The van der Waals surface area contributed by atoms with Crippen molar-refractivity contribution in [2.75, 3.05) is 23.3 Å². The van der Waals surface area contributed by atoms with Gasteiger partial charge in [0.25, 0.3) is 0 Å². The number of hydrogen-bond acceptors (Lipinski definition) is 4. The molecule has 0 atom stereocenters. The number of nitrogen functional groups attached to an aromatic ring is 2. The van der Waals surface area contributed by atoms with Gasteiger partial charge in [0.15, 0.2) is 5.78 Å². The van der Waals surface area contributed by atoms with Gasteiger partial charge in [-0.15, -0.1) is 0 Å². The lowest BCUT2D eigenvalue weighted by atomic mass is 10.0. The third-order valence-corrected chi connectivity index (χ3v) is 2.83. The number of carbonyl (C=O) groups excluding carboxylic acids is 1. The zero-order valence-corrected chi connectivity index (χ0v) is 10.8. The van der Waals surface area contributed by atoms with Crippen LogP contribution < -0.4 is 16.8 Å². The van der Waals surface area contributed by atoms with Crippen molar-refractivity contribution in [2.45, 2.75) is 6.92 Å². The molecule has 4 nitrogen and oxygen atoms in total. The molecule has 0 bridgehead atoms. The maximum absolute atomic E-state index is 12.3. The van der Waals surface area contributed by atoms with Crippen LogP contribution in [0.2, 0.25) is 0 Å². The van der Waals surface area contributed by atoms with E-state index in [1.807, 2.05) is 13.0 Å². The average Bonchev–Trinajstić information content (AvgIpc) is 2.40. The van der Waals surface area contributed by atoms with Crippen LogP contribution in [0.15, 0.2) is 42.5 Å². The van der Waals surface area contributed by atoms with Crippen molar-refractivity contribution < 1.29 is 4.79 Å². The Morgan fingerprint density at radius 1 is 1.11 bits per heavy atom. The molecule has 4 heteroatoms. The molecule has 0 unspecified atom stereocenters. The molecule has 0 aliphatic heterocycles. The molecule has 98 valence electrons. The molecule has 0 fully saturated rings. The highest BCUT2D eigenvalue weighted by molar-refractivity contribution is 6.10. The molecule has 0 spiro atoms. The molecule has 0 saturated carbocycles. The Morgan fingerprint density at radius 3 is 2.47 bits per heavy atom. The van der Waals surface area contributed by atoms with Crippen LogP contribution in [0.1, 0.15) is 22.8 Å². The van der Waals surface area contributed by atoms with Crippen LogP contribution in [0.3, 0.4) is 0 Å². The van der Waals surface area contributed by atoms with Gasteiger partial charge in [-0.05, 0) is 37.3 Å². The number of nitrogens with two attached hydrogens (primary N) is 2. The van der Waals surface area contributed by atoms with E-state index in [0.717, 1.165) is 12.2 Å². The van der Waals surface area contributed by atoms with Crippen molar-refractivity contribution in [1.29, 1.82) is 0 Å². The number of carbonyl (C=O) groups is 1. The Labute approximate surface area is 112 Å². The van der Waals surface area contributed by atoms with Gasteiger partial charge in [-0.1, -0.05) is 12.1 Å². The van der Waals surface area contributed by atoms with Gasteiger partial charge in [-0.25, -0.2) is 0 Å². The van der Waals surface area contributed by atoms with Crippen LogP contribution in [-0.4, -0.2) is 12.3 Å². The average molecular weight is 255 g/mol. The molecule has 0 saturated heterocycles. The summed E-state index contributed by atoms with van der Waals surface area (Å²) in [6, 6.07) is 12.2. The Hall–Kier alpha value is -2.49. The van der Waals surface area contributed by atoms with Gasteiger partial charge in [0.05, 0.1) is 11.4 Å². The van der Waals surface area contributed by atoms with Gasteiger partial charge in [0.1, 0.15) is 0 Å². The van der Waals surface area contributed by atoms with Crippen LogP contribution in [-0.2, 0) is 0 Å². The highest BCUT2D eigenvalue weighted by Crippen LogP contribution is 2.22. The van der Waals surface area contributed by atoms with Crippen molar-refractivity contribution in [2.24, 2.45) is 0 Å². The molecule has 0 aliphatic carbocycles. The zero-order valence-electron chi connectivity index (χ0n) is 10.8. The predicted molar refractivity (Wildman–Crippen MR) is 79.3 cm³/mol. The van der Waals surface area contributed by atoms with E-state index >= 15 is 0 Å². The second-order valence-electron chi connectivity index (χ2n) is 4.29. The fraction of sp³-hybridized carbons (Fsp3) is 0.133. The van der Waals surface area contributed by atoms with Gasteiger partial charge < -0.3 is 16.8 Å². The van der Waals surface area contributed by atoms with E-state index in [4.69, 9.17) is 11.5 Å². The number of anilines is 3. The number of nitrogens with one attached hydrogen (secondary N) is 1. The first-order valence-electron chi connectivity index (χ1n) is 6.15. The topological polar surface area (TPSA) is 81.1 Å². The molecule has 0 aromatic heterocycles. The Kier molecular flexibility index (Phi) is 3.71. The van der Waals surface area contributed by atoms with E-state index in [-0.39, 0.29) is 5.78 Å². The monoisotopic (exact) mass is 255 g/mol. The summed E-state index contributed by atoms with van der Waals surface area (Å²) in [5.41, 5.74) is 14.7. The Morgan fingerprint density at radius 2 is 1.84 bits per heavy atom. The normalized spacial score (nSPS) is 10.2. The third-order valence-electron chi connectivity index (χ3n) is 2.83. The number of ketones is 1. The molecule has 2 aromatic carbocycles. The summed E-state index contributed by atoms with van der Waals surface area (Å²) in [6.07, 6.45) is 0. The summed E-state index contributed by atoms with van der Waals surface area (Å²) >= 11 is 0. The third kappa shape index (κ3) is 2.85. The van der Waals surface area contributed by atoms with Crippen molar-refractivity contribution >= 4 is 22.8 Å². The first-order chi connectivity index (χ1) is 9.11. The van der Waals surface area contributed by atoms with E-state index < -0.39 is 0 Å². The number of benzene rings is 2. The molecular weight excluding hydrogens is 238 g/mol. The molecule has 2 rings (SSSR count). The quantitative estimate of drug-likeness (QED) is 0.579. The van der Waals surface area contributed by atoms with Crippen LogP contribution in [0.4, 0.5) is 17.1 Å². The van der Waals surface area contributed by atoms with E-state index in [0.29, 0.717) is 22.5 Å². The van der Waals surface area contributed by atoms with Crippen molar-refractivity contribution in [3.05, 3.63) is 53.6 Å². The Bertz CT molecular complexity index is 608. The van der Waals surface area contributed by atoms with Gasteiger partial charge in [-0.3, -0.25) is 4.79 Å². The fourth-order valence-electron chi connectivity index (χ4n) is 1.90. The van der Waals surface area contributed by atoms with Crippen molar-refractivity contribution in [3.63, 3.8) is 0 Å². The highest BCUT2D eigenvalue weighted by atomic mass is 16.1. The Balaban J connectivity index is 2.32. The number of hydrogen-bond donors (Lipinski definition) is 3. The first-order valence-corrected chi connectivity index (χ1v) is 6.15. The summed E-state index contributed by atoms with van der Waals surface area (Å²) < 4.78 is 0. The van der Waals surface area contributed by atoms with Gasteiger partial charge in [0.2, 0.25) is 0 Å². The second-order valence-corrected chi connectivity index (χ2v) is 4.29. The predicted octanol–water partition coefficient (Wildman–Crippen LogP) is 2.51. The lowest BCUT2D eigenvalue weighted by Crippen LogP contribution is -2.05. The van der Waals surface area contributed by atoms with Crippen LogP contribution in [0.5, 0.6) is 0 Å². The first kappa shape index (κ1) is 13.0. The van der Waals surface area contributed by atoms with Crippen LogP contribution in [0, 0.1) is 0 Å². The van der Waals surface area contributed by atoms with E-state index in [2.05, 4.69) is 5.32 Å². The summed E-state index contributed by atoms with van der Waals surface area (Å²) in [4.78, 5) is 12.3. The summed E-state index contributed by atoms with van der Waals surface area (Å²) in [5, 5.41) is 3.13. The number of rotatable bonds is 4. The molecule has 0 radical (unpaired) electrons. The van der Waals surface area contributed by atoms with Crippen molar-refractivity contribution in [3.8, 4) is 0 Å². The van der Waals surface area contributed by atoms with Crippen LogP contribution in [0.25, 0.3) is 0 Å². The largest absolute Gasteiger partial charge is 0.399 e. The maximum Gasteiger partial charge on any atom is 0.193 e. The SMILES string of the molecule is CCNc1ccc(C(=O)c2cccc(N)c2)cc1N.